The molecule has 0 amide bonds. The average Bonchev–Trinajstić information content (AvgIpc) is 2.22. The Morgan fingerprint density at radius 1 is 1.38 bits per heavy atom. The van der Waals surface area contributed by atoms with Crippen LogP contribution in [0.1, 0.15) is 0 Å². The van der Waals surface area contributed by atoms with E-state index in [4.69, 9.17) is 10.5 Å². The Morgan fingerprint density at radius 3 is 2.38 bits per heavy atom. The maximum Gasteiger partial charge on any atom is 0.0501 e. The molecule has 1 heterocycles. The summed E-state index contributed by atoms with van der Waals surface area (Å²) in [6.07, 6.45) is 0. The quantitative estimate of drug-likeness (QED) is 0.512. The van der Waals surface area contributed by atoms with Crippen molar-refractivity contribution in [2.24, 2.45) is 23.5 Å². The van der Waals surface area contributed by atoms with Gasteiger partial charge in [0.25, 0.3) is 0 Å². The van der Waals surface area contributed by atoms with Crippen molar-refractivity contribution in [3.63, 3.8) is 0 Å². The van der Waals surface area contributed by atoms with Crippen LogP contribution < -0.4 is 5.73 Å². The Labute approximate surface area is 49.0 Å². The molecule has 1 aliphatic heterocycles. The van der Waals surface area contributed by atoms with Gasteiger partial charge in [0, 0.05) is 0 Å². The van der Waals surface area contributed by atoms with Crippen molar-refractivity contribution >= 4 is 0 Å². The number of fused-ring (bicyclic) bond motifs is 1. The van der Waals surface area contributed by atoms with Crippen LogP contribution in [0.2, 0.25) is 0 Å². The second kappa shape index (κ2) is 1.45. The molecule has 1 saturated carbocycles. The Balaban J connectivity index is 1.94. The molecule has 2 aliphatic rings. The van der Waals surface area contributed by atoms with Gasteiger partial charge < -0.3 is 10.5 Å². The maximum atomic E-state index is 5.47. The lowest BCUT2D eigenvalue weighted by molar-refractivity contribution is 0.152. The monoisotopic (exact) mass is 113 g/mol. The molecule has 0 radical (unpaired) electrons. The van der Waals surface area contributed by atoms with Gasteiger partial charge in [0.05, 0.1) is 13.2 Å². The van der Waals surface area contributed by atoms with Gasteiger partial charge in [0.15, 0.2) is 0 Å². The van der Waals surface area contributed by atoms with Crippen LogP contribution in [0.25, 0.3) is 0 Å². The van der Waals surface area contributed by atoms with Crippen molar-refractivity contribution in [1.82, 2.24) is 0 Å². The minimum atomic E-state index is 0.823. The molecule has 1 saturated heterocycles. The van der Waals surface area contributed by atoms with Crippen molar-refractivity contribution in [2.45, 2.75) is 0 Å². The van der Waals surface area contributed by atoms with Crippen LogP contribution in [-0.4, -0.2) is 19.8 Å². The highest BCUT2D eigenvalue weighted by Gasteiger charge is 2.52. The van der Waals surface area contributed by atoms with E-state index in [0.717, 1.165) is 37.5 Å². The van der Waals surface area contributed by atoms with E-state index in [0.29, 0.717) is 0 Å². The molecule has 2 rings (SSSR count). The summed E-state index contributed by atoms with van der Waals surface area (Å²) in [6.45, 7) is 2.83. The minimum absolute atomic E-state index is 0.823. The molecule has 46 valence electrons. The van der Waals surface area contributed by atoms with Crippen LogP contribution in [0.15, 0.2) is 0 Å². The van der Waals surface area contributed by atoms with Gasteiger partial charge in [-0.15, -0.1) is 0 Å². The first-order chi connectivity index (χ1) is 3.93. The van der Waals surface area contributed by atoms with Crippen molar-refractivity contribution in [2.75, 3.05) is 19.8 Å². The molecule has 0 bridgehead atoms. The molecule has 2 nitrogen and oxygen atoms in total. The van der Waals surface area contributed by atoms with E-state index in [2.05, 4.69) is 0 Å². The van der Waals surface area contributed by atoms with E-state index in [1.54, 1.807) is 0 Å². The first-order valence-electron chi connectivity index (χ1n) is 3.21. The van der Waals surface area contributed by atoms with E-state index in [1.165, 1.54) is 0 Å². The fourth-order valence-electron chi connectivity index (χ4n) is 1.71. The summed E-state index contributed by atoms with van der Waals surface area (Å²) in [7, 11) is 0. The van der Waals surface area contributed by atoms with Crippen LogP contribution in [-0.2, 0) is 4.74 Å². The number of rotatable bonds is 1. The summed E-state index contributed by atoms with van der Waals surface area (Å²) >= 11 is 0. The molecule has 8 heavy (non-hydrogen) atoms. The van der Waals surface area contributed by atoms with Gasteiger partial charge in [-0.05, 0) is 24.3 Å². The highest BCUT2D eigenvalue weighted by atomic mass is 16.5. The predicted octanol–water partition coefficient (Wildman–Crippen LogP) is -0.163. The second-order valence-corrected chi connectivity index (χ2v) is 2.76. The lowest BCUT2D eigenvalue weighted by Gasteiger charge is -1.97. The van der Waals surface area contributed by atoms with Gasteiger partial charge in [-0.2, -0.15) is 0 Å². The molecule has 0 spiro atoms. The summed E-state index contributed by atoms with van der Waals surface area (Å²) in [5.41, 5.74) is 5.47. The third-order valence-corrected chi connectivity index (χ3v) is 2.40. The van der Waals surface area contributed by atoms with Crippen LogP contribution >= 0.6 is 0 Å². The molecular formula is C6H11NO. The van der Waals surface area contributed by atoms with E-state index in [9.17, 15) is 0 Å². The van der Waals surface area contributed by atoms with Gasteiger partial charge >= 0.3 is 0 Å². The normalized spacial score (nSPS) is 51.4. The first kappa shape index (κ1) is 4.77. The van der Waals surface area contributed by atoms with Gasteiger partial charge in [0.2, 0.25) is 0 Å². The Bertz CT molecular complexity index is 87.9. The smallest absolute Gasteiger partial charge is 0.0501 e. The molecule has 0 aromatic heterocycles. The topological polar surface area (TPSA) is 35.2 Å². The zero-order valence-electron chi connectivity index (χ0n) is 4.84. The van der Waals surface area contributed by atoms with Gasteiger partial charge in [0.1, 0.15) is 0 Å². The third-order valence-electron chi connectivity index (χ3n) is 2.40. The molecule has 0 aromatic carbocycles. The summed E-state index contributed by atoms with van der Waals surface area (Å²) in [4.78, 5) is 0. The third kappa shape index (κ3) is 0.446. The van der Waals surface area contributed by atoms with E-state index in [1.807, 2.05) is 0 Å². The molecule has 2 N–H and O–H groups in total. The fourth-order valence-corrected chi connectivity index (χ4v) is 1.71. The fraction of sp³-hybridized carbons (Fsp3) is 1.00. The Morgan fingerprint density at radius 2 is 2.00 bits per heavy atom. The number of hydrogen-bond acceptors (Lipinski definition) is 2. The molecule has 0 aromatic rings. The van der Waals surface area contributed by atoms with Crippen LogP contribution in [0, 0.1) is 17.8 Å². The average molecular weight is 113 g/mol. The highest BCUT2D eigenvalue weighted by Crippen LogP contribution is 2.49. The summed E-state index contributed by atoms with van der Waals surface area (Å²) in [5, 5.41) is 0. The van der Waals surface area contributed by atoms with Crippen LogP contribution in [0.4, 0.5) is 0 Å². The molecule has 2 heteroatoms. The molecular weight excluding hydrogens is 102 g/mol. The number of hydrogen-bond donors (Lipinski definition) is 1. The maximum absolute atomic E-state index is 5.47. The number of nitrogens with two attached hydrogens (primary N) is 1. The zero-order chi connectivity index (χ0) is 5.56. The van der Waals surface area contributed by atoms with Crippen LogP contribution in [0.5, 0.6) is 0 Å². The Hall–Kier alpha value is -0.0800. The van der Waals surface area contributed by atoms with E-state index in [-0.39, 0.29) is 0 Å². The SMILES string of the molecule is NCC1[C@H]2COC[C@@H]12. The van der Waals surface area contributed by atoms with Crippen LogP contribution in [0.3, 0.4) is 0 Å². The van der Waals surface area contributed by atoms with E-state index >= 15 is 0 Å². The van der Waals surface area contributed by atoms with Crippen molar-refractivity contribution in [1.29, 1.82) is 0 Å². The molecule has 3 atom stereocenters. The van der Waals surface area contributed by atoms with Crippen molar-refractivity contribution in [3.05, 3.63) is 0 Å². The van der Waals surface area contributed by atoms with Crippen molar-refractivity contribution < 1.29 is 4.74 Å². The molecule has 1 aliphatic carbocycles. The summed E-state index contributed by atoms with van der Waals surface area (Å²) < 4.78 is 5.18. The summed E-state index contributed by atoms with van der Waals surface area (Å²) in [5.74, 6) is 2.52. The Kier molecular flexibility index (Phi) is 0.866. The summed E-state index contributed by atoms with van der Waals surface area (Å²) in [6, 6.07) is 0. The number of ether oxygens (including phenoxy) is 1. The lowest BCUT2D eigenvalue weighted by Crippen LogP contribution is -2.08. The van der Waals surface area contributed by atoms with Gasteiger partial charge in [-0.1, -0.05) is 0 Å². The molecule has 2 fully saturated rings. The van der Waals surface area contributed by atoms with Gasteiger partial charge in [-0.3, -0.25) is 0 Å². The standard InChI is InChI=1S/C6H11NO/c7-1-4-5-2-8-3-6(4)5/h4-6H,1-3,7H2/t4?,5-,6+. The minimum Gasteiger partial charge on any atom is -0.381 e. The highest BCUT2D eigenvalue weighted by molar-refractivity contribution is 5.00. The second-order valence-electron chi connectivity index (χ2n) is 2.76. The lowest BCUT2D eigenvalue weighted by atomic mass is 10.3. The largest absolute Gasteiger partial charge is 0.381 e. The van der Waals surface area contributed by atoms with Crippen molar-refractivity contribution in [3.8, 4) is 0 Å². The zero-order valence-corrected chi connectivity index (χ0v) is 4.84. The van der Waals surface area contributed by atoms with E-state index < -0.39 is 0 Å². The predicted molar refractivity (Wildman–Crippen MR) is 30.3 cm³/mol. The molecule has 1 unspecified atom stereocenters. The first-order valence-corrected chi connectivity index (χ1v) is 3.21. The van der Waals surface area contributed by atoms with Gasteiger partial charge in [-0.25, -0.2) is 0 Å².